The number of carbonyl (C=O) groups is 2. The second-order valence-corrected chi connectivity index (χ2v) is 17.4. The SMILES string of the molecule is COc1cc2c(cc1OCCCBr)N(COCC[Si](C)(C)C)C(=O)[C@@H]1CC(c3ccc(C)cc3)=CN1C2=O. The minimum atomic E-state index is -1.31. The van der Waals surface area contributed by atoms with E-state index >= 15 is 0 Å². The van der Waals surface area contributed by atoms with Crippen LogP contribution in [-0.2, 0) is 9.53 Å². The summed E-state index contributed by atoms with van der Waals surface area (Å²) in [6, 6.07) is 11.9. The number of amides is 2. The van der Waals surface area contributed by atoms with E-state index in [0.29, 0.717) is 42.4 Å². The summed E-state index contributed by atoms with van der Waals surface area (Å²) < 4.78 is 17.6. The molecule has 4 rings (SSSR count). The molecule has 2 aromatic carbocycles. The Labute approximate surface area is 234 Å². The van der Waals surface area contributed by atoms with Gasteiger partial charge in [0.1, 0.15) is 12.8 Å². The molecule has 0 saturated carbocycles. The molecule has 0 aromatic heterocycles. The lowest BCUT2D eigenvalue weighted by Gasteiger charge is -2.26. The zero-order valence-corrected chi connectivity index (χ0v) is 25.5. The number of anilines is 1. The summed E-state index contributed by atoms with van der Waals surface area (Å²) >= 11 is 3.42. The van der Waals surface area contributed by atoms with Crippen LogP contribution in [-0.4, -0.2) is 63.2 Å². The largest absolute Gasteiger partial charge is 0.493 e. The maximum Gasteiger partial charge on any atom is 0.260 e. The van der Waals surface area contributed by atoms with Crippen molar-refractivity contribution in [3.8, 4) is 11.5 Å². The van der Waals surface area contributed by atoms with Crippen LogP contribution in [0.15, 0.2) is 42.6 Å². The Bertz CT molecular complexity index is 1210. The van der Waals surface area contributed by atoms with Crippen molar-refractivity contribution in [3.05, 3.63) is 59.3 Å². The molecule has 2 heterocycles. The molecule has 0 aliphatic carbocycles. The molecule has 7 nitrogen and oxygen atoms in total. The van der Waals surface area contributed by atoms with Crippen LogP contribution in [0.2, 0.25) is 25.7 Å². The average Bonchev–Trinajstić information content (AvgIpc) is 3.30. The van der Waals surface area contributed by atoms with Gasteiger partial charge in [0.2, 0.25) is 0 Å². The number of methoxy groups -OCH3 is 1. The lowest BCUT2D eigenvalue weighted by Crippen LogP contribution is -2.45. The van der Waals surface area contributed by atoms with Gasteiger partial charge in [-0.05, 0) is 36.6 Å². The van der Waals surface area contributed by atoms with Crippen molar-refractivity contribution < 1.29 is 23.8 Å². The van der Waals surface area contributed by atoms with Gasteiger partial charge in [0.25, 0.3) is 11.8 Å². The second-order valence-electron chi connectivity index (χ2n) is 11.0. The van der Waals surface area contributed by atoms with Crippen LogP contribution in [0.1, 0.15) is 34.3 Å². The Kier molecular flexibility index (Phi) is 9.00. The third-order valence-electron chi connectivity index (χ3n) is 6.81. The van der Waals surface area contributed by atoms with Gasteiger partial charge in [-0.25, -0.2) is 0 Å². The molecule has 0 spiro atoms. The number of rotatable bonds is 11. The van der Waals surface area contributed by atoms with E-state index in [0.717, 1.165) is 34.5 Å². The molecule has 0 N–H and O–H groups in total. The van der Waals surface area contributed by atoms with E-state index in [4.69, 9.17) is 14.2 Å². The molecule has 1 atom stereocenters. The van der Waals surface area contributed by atoms with E-state index in [1.54, 1.807) is 29.0 Å². The highest BCUT2D eigenvalue weighted by molar-refractivity contribution is 9.09. The first-order valence-corrected chi connectivity index (χ1v) is 17.9. The summed E-state index contributed by atoms with van der Waals surface area (Å²) in [6.07, 6.45) is 3.07. The molecule has 0 fully saturated rings. The number of fused-ring (bicyclic) bond motifs is 2. The van der Waals surface area contributed by atoms with Gasteiger partial charge in [0.15, 0.2) is 11.5 Å². The number of hydrogen-bond acceptors (Lipinski definition) is 5. The number of nitrogens with zero attached hydrogens (tertiary/aromatic N) is 2. The fraction of sp³-hybridized carbons (Fsp3) is 0.448. The summed E-state index contributed by atoms with van der Waals surface area (Å²) in [7, 11) is 0.247. The summed E-state index contributed by atoms with van der Waals surface area (Å²) in [5.74, 6) is 0.548. The molecule has 38 heavy (non-hydrogen) atoms. The normalized spacial score (nSPS) is 17.2. The quantitative estimate of drug-likeness (QED) is 0.177. The Morgan fingerprint density at radius 3 is 2.45 bits per heavy atom. The second kappa shape index (κ2) is 12.0. The van der Waals surface area contributed by atoms with Crippen LogP contribution in [0.3, 0.4) is 0 Å². The number of aryl methyl sites for hydroxylation is 1. The average molecular weight is 602 g/mol. The summed E-state index contributed by atoms with van der Waals surface area (Å²) in [5.41, 5.74) is 4.01. The molecular weight excluding hydrogens is 564 g/mol. The van der Waals surface area contributed by atoms with Gasteiger partial charge in [-0.15, -0.1) is 0 Å². The highest BCUT2D eigenvalue weighted by atomic mass is 79.9. The van der Waals surface area contributed by atoms with E-state index in [1.807, 2.05) is 37.4 Å². The molecule has 0 radical (unpaired) electrons. The van der Waals surface area contributed by atoms with Crippen molar-refractivity contribution >= 4 is 47.1 Å². The number of benzene rings is 2. The summed E-state index contributed by atoms with van der Waals surface area (Å²) in [6.45, 7) is 10.0. The number of ether oxygens (including phenoxy) is 3. The maximum atomic E-state index is 14.0. The molecule has 0 saturated heterocycles. The Morgan fingerprint density at radius 1 is 1.05 bits per heavy atom. The molecule has 2 amide bonds. The summed E-state index contributed by atoms with van der Waals surface area (Å²) in [4.78, 5) is 31.1. The Hall–Kier alpha value is -2.62. The summed E-state index contributed by atoms with van der Waals surface area (Å²) in [5, 5.41) is 0.806. The molecule has 2 aliphatic heterocycles. The van der Waals surface area contributed by atoms with Gasteiger partial charge in [-0.3, -0.25) is 14.5 Å². The number of halogens is 1. The van der Waals surface area contributed by atoms with Gasteiger partial charge in [0, 0.05) is 38.7 Å². The van der Waals surface area contributed by atoms with Crippen molar-refractivity contribution in [3.63, 3.8) is 0 Å². The number of alkyl halides is 1. The highest BCUT2D eigenvalue weighted by Gasteiger charge is 2.43. The smallest absolute Gasteiger partial charge is 0.260 e. The first-order chi connectivity index (χ1) is 18.1. The van der Waals surface area contributed by atoms with E-state index in [2.05, 4.69) is 35.6 Å². The molecule has 0 bridgehead atoms. The van der Waals surface area contributed by atoms with Crippen LogP contribution in [0, 0.1) is 6.92 Å². The Morgan fingerprint density at radius 2 is 1.79 bits per heavy atom. The number of carbonyl (C=O) groups excluding carboxylic acids is 2. The van der Waals surface area contributed by atoms with Crippen LogP contribution in [0.5, 0.6) is 11.5 Å². The zero-order valence-electron chi connectivity index (χ0n) is 22.9. The first-order valence-electron chi connectivity index (χ1n) is 13.0. The van der Waals surface area contributed by atoms with Crippen molar-refractivity contribution in [1.29, 1.82) is 0 Å². The van der Waals surface area contributed by atoms with Crippen LogP contribution in [0.4, 0.5) is 5.69 Å². The Balaban J connectivity index is 1.72. The van der Waals surface area contributed by atoms with Crippen LogP contribution >= 0.6 is 15.9 Å². The lowest BCUT2D eigenvalue weighted by atomic mass is 10.0. The minimum Gasteiger partial charge on any atom is -0.493 e. The monoisotopic (exact) mass is 600 g/mol. The van der Waals surface area contributed by atoms with Crippen molar-refractivity contribution in [2.75, 3.05) is 37.3 Å². The first kappa shape index (κ1) is 28.4. The van der Waals surface area contributed by atoms with Crippen LogP contribution < -0.4 is 14.4 Å². The van der Waals surface area contributed by atoms with Gasteiger partial charge in [0.05, 0.1) is 25.0 Å². The zero-order chi connectivity index (χ0) is 27.4. The molecule has 2 aromatic rings. The maximum absolute atomic E-state index is 14.0. The highest BCUT2D eigenvalue weighted by Crippen LogP contribution is 2.41. The van der Waals surface area contributed by atoms with Crippen molar-refractivity contribution in [1.82, 2.24) is 4.90 Å². The molecule has 2 aliphatic rings. The third-order valence-corrected chi connectivity index (χ3v) is 9.07. The van der Waals surface area contributed by atoms with Gasteiger partial charge in [-0.1, -0.05) is 65.4 Å². The standard InChI is InChI=1S/C29H37BrN2O5Si/c1-20-7-9-21(10-8-20)22-15-25-29(34)32(19-36-13-14-38(3,4)5)24-17-27(37-12-6-11-30)26(35-2)16-23(24)28(33)31(25)18-22/h7-10,16-18,25H,6,11-15,19H2,1-5H3/t25-/m0/s1. The van der Waals surface area contributed by atoms with Gasteiger partial charge in [-0.2, -0.15) is 0 Å². The predicted octanol–water partition coefficient (Wildman–Crippen LogP) is 6.08. The molecule has 0 unspecified atom stereocenters. The molecule has 204 valence electrons. The van der Waals surface area contributed by atoms with Crippen LogP contribution in [0.25, 0.3) is 5.57 Å². The van der Waals surface area contributed by atoms with Crippen molar-refractivity contribution in [2.24, 2.45) is 0 Å². The van der Waals surface area contributed by atoms with E-state index in [-0.39, 0.29) is 18.5 Å². The van der Waals surface area contributed by atoms with Gasteiger partial charge < -0.3 is 19.1 Å². The van der Waals surface area contributed by atoms with Gasteiger partial charge >= 0.3 is 0 Å². The van der Waals surface area contributed by atoms with E-state index < -0.39 is 14.1 Å². The van der Waals surface area contributed by atoms with Crippen molar-refractivity contribution in [2.45, 2.75) is 51.5 Å². The molecular formula is C29H37BrN2O5Si. The topological polar surface area (TPSA) is 68.3 Å². The van der Waals surface area contributed by atoms with E-state index in [9.17, 15) is 9.59 Å². The predicted molar refractivity (Wildman–Crippen MR) is 157 cm³/mol. The third kappa shape index (κ3) is 6.32. The number of hydrogen-bond donors (Lipinski definition) is 0. The fourth-order valence-corrected chi connectivity index (χ4v) is 5.53. The lowest BCUT2D eigenvalue weighted by molar-refractivity contribution is -0.122. The van der Waals surface area contributed by atoms with E-state index in [1.165, 1.54) is 0 Å². The minimum absolute atomic E-state index is 0.0704. The fourth-order valence-electron chi connectivity index (χ4n) is 4.54. The molecule has 9 heteroatoms.